The lowest BCUT2D eigenvalue weighted by Gasteiger charge is -2.05. The summed E-state index contributed by atoms with van der Waals surface area (Å²) < 4.78 is 3.52. The maximum atomic E-state index is 11.2. The van der Waals surface area contributed by atoms with E-state index in [1.165, 1.54) is 0 Å². The minimum absolute atomic E-state index is 0.0483. The van der Waals surface area contributed by atoms with Gasteiger partial charge in [-0.05, 0) is 19.1 Å². The zero-order chi connectivity index (χ0) is 17.3. The highest BCUT2D eigenvalue weighted by Gasteiger charge is 2.18. The fourth-order valence-corrected chi connectivity index (χ4v) is 2.54. The van der Waals surface area contributed by atoms with Crippen molar-refractivity contribution in [2.45, 2.75) is 13.5 Å². The molecular formula is C16H18N6O2. The Balaban J connectivity index is 2.07. The van der Waals surface area contributed by atoms with Gasteiger partial charge in [-0.25, -0.2) is 14.6 Å². The largest absolute Gasteiger partial charge is 0.394 e. The van der Waals surface area contributed by atoms with Crippen molar-refractivity contribution in [3.05, 3.63) is 41.9 Å². The number of carbonyl (C=O) groups is 1. The van der Waals surface area contributed by atoms with E-state index in [4.69, 9.17) is 5.73 Å². The van der Waals surface area contributed by atoms with E-state index in [9.17, 15) is 9.90 Å². The molecule has 8 nitrogen and oxygen atoms in total. The normalized spacial score (nSPS) is 11.0. The summed E-state index contributed by atoms with van der Waals surface area (Å²) in [6.45, 7) is 2.17. The van der Waals surface area contributed by atoms with E-state index >= 15 is 0 Å². The highest BCUT2D eigenvalue weighted by Crippen LogP contribution is 2.24. The van der Waals surface area contributed by atoms with Crippen LogP contribution in [0.15, 0.2) is 30.6 Å². The third kappa shape index (κ3) is 2.79. The second-order valence-electron chi connectivity index (χ2n) is 5.44. The van der Waals surface area contributed by atoms with Crippen LogP contribution in [0.25, 0.3) is 22.9 Å². The molecule has 0 spiro atoms. The van der Waals surface area contributed by atoms with Gasteiger partial charge in [0, 0.05) is 18.2 Å². The predicted octanol–water partition coefficient (Wildman–Crippen LogP) is 0.745. The first-order valence-electron chi connectivity index (χ1n) is 7.45. The van der Waals surface area contributed by atoms with Crippen LogP contribution in [-0.4, -0.2) is 41.9 Å². The lowest BCUT2D eigenvalue weighted by atomic mass is 10.1. The number of aliphatic hydroxyl groups is 1. The standard InChI is InChI=1S/C16H18N6O2/c1-10-13(21(2)9-18-10)16-19-15(20-22(16)7-8-23)12-5-3-11(4-6-12)14(17)24/h3-6,9,23H,7-8H2,1-2H3,(H2,17,24). The Morgan fingerprint density at radius 1 is 1.29 bits per heavy atom. The number of aryl methyl sites for hydroxylation is 2. The molecule has 2 aromatic heterocycles. The van der Waals surface area contributed by atoms with Gasteiger partial charge >= 0.3 is 0 Å². The monoisotopic (exact) mass is 326 g/mol. The smallest absolute Gasteiger partial charge is 0.248 e. The molecule has 0 atom stereocenters. The van der Waals surface area contributed by atoms with E-state index < -0.39 is 5.91 Å². The predicted molar refractivity (Wildman–Crippen MR) is 88.0 cm³/mol. The molecule has 0 aliphatic carbocycles. The van der Waals surface area contributed by atoms with Gasteiger partial charge in [-0.2, -0.15) is 5.10 Å². The molecule has 3 N–H and O–H groups in total. The van der Waals surface area contributed by atoms with Crippen molar-refractivity contribution < 1.29 is 9.90 Å². The van der Waals surface area contributed by atoms with E-state index in [0.717, 1.165) is 17.0 Å². The maximum absolute atomic E-state index is 11.2. The fraction of sp³-hybridized carbons (Fsp3) is 0.250. The summed E-state index contributed by atoms with van der Waals surface area (Å²) in [6, 6.07) is 6.77. The maximum Gasteiger partial charge on any atom is 0.248 e. The van der Waals surface area contributed by atoms with E-state index in [1.54, 1.807) is 35.3 Å². The summed E-state index contributed by atoms with van der Waals surface area (Å²) >= 11 is 0. The zero-order valence-corrected chi connectivity index (χ0v) is 13.5. The number of hydrogen-bond acceptors (Lipinski definition) is 5. The molecule has 0 radical (unpaired) electrons. The lowest BCUT2D eigenvalue weighted by molar-refractivity contribution is 0.100. The number of imidazole rings is 1. The van der Waals surface area contributed by atoms with Gasteiger partial charge in [-0.1, -0.05) is 12.1 Å². The Hall–Kier alpha value is -3.00. The number of primary amides is 1. The topological polar surface area (TPSA) is 112 Å². The van der Waals surface area contributed by atoms with E-state index in [0.29, 0.717) is 23.8 Å². The molecular weight excluding hydrogens is 308 g/mol. The average molecular weight is 326 g/mol. The Labute approximate surface area is 138 Å². The molecule has 3 rings (SSSR count). The highest BCUT2D eigenvalue weighted by molar-refractivity contribution is 5.93. The minimum atomic E-state index is -0.480. The minimum Gasteiger partial charge on any atom is -0.394 e. The number of benzene rings is 1. The SMILES string of the molecule is Cc1ncn(C)c1-c1nc(-c2ccc(C(N)=O)cc2)nn1CCO. The zero-order valence-electron chi connectivity index (χ0n) is 13.5. The van der Waals surface area contributed by atoms with Crippen molar-refractivity contribution in [3.63, 3.8) is 0 Å². The van der Waals surface area contributed by atoms with Gasteiger partial charge in [-0.15, -0.1) is 0 Å². The number of nitrogens with zero attached hydrogens (tertiary/aromatic N) is 5. The molecule has 8 heteroatoms. The van der Waals surface area contributed by atoms with E-state index in [2.05, 4.69) is 15.1 Å². The van der Waals surface area contributed by atoms with Crippen molar-refractivity contribution in [1.82, 2.24) is 24.3 Å². The van der Waals surface area contributed by atoms with Crippen LogP contribution in [0.4, 0.5) is 0 Å². The van der Waals surface area contributed by atoms with Crippen LogP contribution in [0.5, 0.6) is 0 Å². The first-order valence-corrected chi connectivity index (χ1v) is 7.45. The Morgan fingerprint density at radius 3 is 2.54 bits per heavy atom. The van der Waals surface area contributed by atoms with Crippen molar-refractivity contribution >= 4 is 5.91 Å². The van der Waals surface area contributed by atoms with Gasteiger partial charge in [0.1, 0.15) is 5.69 Å². The molecule has 1 amide bonds. The lowest BCUT2D eigenvalue weighted by Crippen LogP contribution is -2.10. The molecule has 0 aliphatic rings. The van der Waals surface area contributed by atoms with Crippen molar-refractivity contribution in [2.75, 3.05) is 6.61 Å². The number of rotatable bonds is 5. The molecule has 1 aromatic carbocycles. The van der Waals surface area contributed by atoms with Crippen LogP contribution in [0.3, 0.4) is 0 Å². The van der Waals surface area contributed by atoms with Gasteiger partial charge in [0.05, 0.1) is 25.2 Å². The molecule has 0 fully saturated rings. The number of aromatic nitrogens is 5. The third-order valence-electron chi connectivity index (χ3n) is 3.74. The summed E-state index contributed by atoms with van der Waals surface area (Å²) in [5.74, 6) is 0.664. The quantitative estimate of drug-likeness (QED) is 0.718. The molecule has 0 saturated carbocycles. The van der Waals surface area contributed by atoms with Crippen molar-refractivity contribution in [1.29, 1.82) is 0 Å². The Bertz CT molecular complexity index is 859. The number of nitrogens with two attached hydrogens (primary N) is 1. The summed E-state index contributed by atoms with van der Waals surface area (Å²) in [4.78, 5) is 20.0. The van der Waals surface area contributed by atoms with Gasteiger partial charge in [0.2, 0.25) is 5.91 Å². The molecule has 0 bridgehead atoms. The number of hydrogen-bond donors (Lipinski definition) is 2. The number of carbonyl (C=O) groups excluding carboxylic acids is 1. The second-order valence-corrected chi connectivity index (χ2v) is 5.44. The highest BCUT2D eigenvalue weighted by atomic mass is 16.3. The molecule has 0 saturated heterocycles. The first-order chi connectivity index (χ1) is 11.5. The fourth-order valence-electron chi connectivity index (χ4n) is 2.54. The van der Waals surface area contributed by atoms with Gasteiger partial charge in [-0.3, -0.25) is 4.79 Å². The number of amides is 1. The summed E-state index contributed by atoms with van der Waals surface area (Å²) in [7, 11) is 1.88. The van der Waals surface area contributed by atoms with Gasteiger partial charge in [0.15, 0.2) is 11.6 Å². The van der Waals surface area contributed by atoms with Crippen LogP contribution >= 0.6 is 0 Å². The first kappa shape index (κ1) is 15.9. The summed E-state index contributed by atoms with van der Waals surface area (Å²) in [5, 5.41) is 13.8. The van der Waals surface area contributed by atoms with Crippen LogP contribution in [0.1, 0.15) is 16.1 Å². The van der Waals surface area contributed by atoms with E-state index in [1.807, 2.05) is 18.5 Å². The molecule has 3 aromatic rings. The molecule has 0 unspecified atom stereocenters. The van der Waals surface area contributed by atoms with Crippen molar-refractivity contribution in [3.8, 4) is 22.9 Å². The summed E-state index contributed by atoms with van der Waals surface area (Å²) in [6.07, 6.45) is 1.71. The Kier molecular flexibility index (Phi) is 4.13. The molecule has 124 valence electrons. The molecule has 0 aliphatic heterocycles. The van der Waals surface area contributed by atoms with Gasteiger partial charge in [0.25, 0.3) is 0 Å². The Morgan fingerprint density at radius 2 is 2.00 bits per heavy atom. The molecule has 2 heterocycles. The van der Waals surface area contributed by atoms with Crippen LogP contribution < -0.4 is 5.73 Å². The van der Waals surface area contributed by atoms with E-state index in [-0.39, 0.29) is 6.61 Å². The second kappa shape index (κ2) is 6.25. The van der Waals surface area contributed by atoms with Crippen LogP contribution in [0.2, 0.25) is 0 Å². The molecule has 24 heavy (non-hydrogen) atoms. The van der Waals surface area contributed by atoms with Crippen molar-refractivity contribution in [2.24, 2.45) is 12.8 Å². The van der Waals surface area contributed by atoms with Crippen LogP contribution in [0, 0.1) is 6.92 Å². The average Bonchev–Trinajstić information content (AvgIpc) is 3.11. The summed E-state index contributed by atoms with van der Waals surface area (Å²) in [5.41, 5.74) is 8.12. The van der Waals surface area contributed by atoms with Gasteiger partial charge < -0.3 is 15.4 Å². The third-order valence-corrected chi connectivity index (χ3v) is 3.74. The van der Waals surface area contributed by atoms with Crippen LogP contribution in [-0.2, 0) is 13.6 Å². The number of aliphatic hydroxyl groups excluding tert-OH is 1.